The zero-order chi connectivity index (χ0) is 25.2. The van der Waals surface area contributed by atoms with Crippen LogP contribution in [0.4, 0.5) is 0 Å². The predicted molar refractivity (Wildman–Crippen MR) is 143 cm³/mol. The third-order valence-electron chi connectivity index (χ3n) is 6.51. The Morgan fingerprint density at radius 1 is 0.917 bits per heavy atom. The Morgan fingerprint density at radius 3 is 2.44 bits per heavy atom. The Balaban J connectivity index is 1.43. The van der Waals surface area contributed by atoms with Crippen LogP contribution in [0.15, 0.2) is 82.6 Å². The number of carbonyl (C=O) groups is 1. The maximum atomic E-state index is 13.3. The molecule has 5 rings (SSSR count). The standard InChI is InChI=1S/C29H28N4O2S/c1-19-12-13-24(15-20(19)2)33-28(23-9-6-5-7-10-23)30-31-29(33)36-18-27(34)26-16-21(3)32(22(26)4)17-25-11-8-14-35-25/h5-16H,17-18H2,1-4H3. The molecule has 0 saturated heterocycles. The Bertz CT molecular complexity index is 1510. The van der Waals surface area contributed by atoms with Gasteiger partial charge in [0.2, 0.25) is 0 Å². The van der Waals surface area contributed by atoms with Crippen molar-refractivity contribution in [1.29, 1.82) is 0 Å². The van der Waals surface area contributed by atoms with Gasteiger partial charge in [-0.1, -0.05) is 48.2 Å². The molecule has 7 heteroatoms. The Labute approximate surface area is 215 Å². The summed E-state index contributed by atoms with van der Waals surface area (Å²) in [7, 11) is 0. The topological polar surface area (TPSA) is 65.8 Å². The molecule has 0 aliphatic carbocycles. The Morgan fingerprint density at radius 2 is 1.72 bits per heavy atom. The first-order valence-corrected chi connectivity index (χ1v) is 12.8. The van der Waals surface area contributed by atoms with E-state index in [4.69, 9.17) is 4.42 Å². The number of aromatic nitrogens is 4. The minimum absolute atomic E-state index is 0.0645. The molecule has 0 unspecified atom stereocenters. The second-order valence-electron chi connectivity index (χ2n) is 8.94. The van der Waals surface area contributed by atoms with Crippen molar-refractivity contribution >= 4 is 17.5 Å². The van der Waals surface area contributed by atoms with E-state index in [1.807, 2.05) is 66.9 Å². The number of ketones is 1. The maximum absolute atomic E-state index is 13.3. The third kappa shape index (κ3) is 4.66. The number of thioether (sulfide) groups is 1. The highest BCUT2D eigenvalue weighted by molar-refractivity contribution is 7.99. The minimum atomic E-state index is 0.0645. The number of furan rings is 1. The fourth-order valence-corrected chi connectivity index (χ4v) is 5.16. The molecule has 0 aliphatic rings. The van der Waals surface area contributed by atoms with E-state index in [1.54, 1.807) is 6.26 Å². The molecule has 2 aromatic carbocycles. The van der Waals surface area contributed by atoms with Crippen LogP contribution in [-0.4, -0.2) is 30.9 Å². The Hall–Kier alpha value is -3.84. The van der Waals surface area contributed by atoms with Crippen LogP contribution < -0.4 is 0 Å². The van der Waals surface area contributed by atoms with Crippen molar-refractivity contribution in [3.63, 3.8) is 0 Å². The van der Waals surface area contributed by atoms with Gasteiger partial charge in [-0.2, -0.15) is 0 Å². The molecular formula is C29H28N4O2S. The van der Waals surface area contributed by atoms with Crippen LogP contribution in [0.2, 0.25) is 0 Å². The van der Waals surface area contributed by atoms with Gasteiger partial charge in [-0.25, -0.2) is 0 Å². The van der Waals surface area contributed by atoms with Gasteiger partial charge in [-0.05, 0) is 69.2 Å². The van der Waals surface area contributed by atoms with E-state index >= 15 is 0 Å². The van der Waals surface area contributed by atoms with Gasteiger partial charge in [-0.15, -0.1) is 10.2 Å². The molecule has 36 heavy (non-hydrogen) atoms. The van der Waals surface area contributed by atoms with E-state index in [1.165, 1.54) is 22.9 Å². The first-order chi connectivity index (χ1) is 17.4. The van der Waals surface area contributed by atoms with Crippen molar-refractivity contribution in [2.45, 2.75) is 39.4 Å². The zero-order valence-corrected chi connectivity index (χ0v) is 21.7. The Kier molecular flexibility index (Phi) is 6.65. The summed E-state index contributed by atoms with van der Waals surface area (Å²) in [6.45, 7) is 8.80. The molecule has 182 valence electrons. The highest BCUT2D eigenvalue weighted by atomic mass is 32.2. The van der Waals surface area contributed by atoms with E-state index in [0.717, 1.165) is 39.8 Å². The van der Waals surface area contributed by atoms with Crippen molar-refractivity contribution in [3.8, 4) is 17.1 Å². The molecule has 3 aromatic heterocycles. The molecule has 5 aromatic rings. The van der Waals surface area contributed by atoms with E-state index in [0.29, 0.717) is 11.7 Å². The van der Waals surface area contributed by atoms with E-state index in [9.17, 15) is 4.79 Å². The second kappa shape index (κ2) is 10.0. The molecule has 0 saturated carbocycles. The summed E-state index contributed by atoms with van der Waals surface area (Å²) in [6, 6.07) is 22.1. The number of aryl methyl sites for hydroxylation is 3. The first kappa shape index (κ1) is 23.9. The number of rotatable bonds is 8. The van der Waals surface area contributed by atoms with Crippen molar-refractivity contribution in [2.24, 2.45) is 0 Å². The summed E-state index contributed by atoms with van der Waals surface area (Å²) in [5, 5.41) is 9.69. The SMILES string of the molecule is Cc1ccc(-n2c(SCC(=O)c3cc(C)n(Cc4ccco4)c3C)nnc2-c2ccccc2)cc1C. The van der Waals surface area contributed by atoms with Crippen LogP contribution in [0, 0.1) is 27.7 Å². The average Bonchev–Trinajstić information content (AvgIpc) is 3.61. The summed E-state index contributed by atoms with van der Waals surface area (Å²) in [4.78, 5) is 13.3. The average molecular weight is 497 g/mol. The second-order valence-corrected chi connectivity index (χ2v) is 9.88. The number of hydrogen-bond donors (Lipinski definition) is 0. The lowest BCUT2D eigenvalue weighted by Gasteiger charge is -2.12. The summed E-state index contributed by atoms with van der Waals surface area (Å²) in [5.74, 6) is 1.95. The molecule has 3 heterocycles. The lowest BCUT2D eigenvalue weighted by Crippen LogP contribution is -2.08. The quantitative estimate of drug-likeness (QED) is 0.179. The van der Waals surface area contributed by atoms with Gasteiger partial charge >= 0.3 is 0 Å². The summed E-state index contributed by atoms with van der Waals surface area (Å²) in [6.07, 6.45) is 1.67. The van der Waals surface area contributed by atoms with Crippen molar-refractivity contribution < 1.29 is 9.21 Å². The van der Waals surface area contributed by atoms with Crippen molar-refractivity contribution in [1.82, 2.24) is 19.3 Å². The van der Waals surface area contributed by atoms with Crippen molar-refractivity contribution in [3.05, 3.63) is 107 Å². The van der Waals surface area contributed by atoms with E-state index < -0.39 is 0 Å². The molecule has 0 radical (unpaired) electrons. The predicted octanol–water partition coefficient (Wildman–Crippen LogP) is 6.59. The number of nitrogens with zero attached hydrogens (tertiary/aromatic N) is 4. The van der Waals surface area contributed by atoms with Crippen LogP contribution >= 0.6 is 11.8 Å². The summed E-state index contributed by atoms with van der Waals surface area (Å²) >= 11 is 1.41. The normalized spacial score (nSPS) is 11.2. The van der Waals surface area contributed by atoms with Crippen LogP contribution in [0.3, 0.4) is 0 Å². The first-order valence-electron chi connectivity index (χ1n) is 11.9. The lowest BCUT2D eigenvalue weighted by molar-refractivity contribution is 0.102. The monoisotopic (exact) mass is 496 g/mol. The number of carbonyl (C=O) groups excluding carboxylic acids is 1. The number of benzene rings is 2. The van der Waals surface area contributed by atoms with Gasteiger partial charge < -0.3 is 8.98 Å². The molecule has 0 atom stereocenters. The van der Waals surface area contributed by atoms with Crippen LogP contribution in [0.25, 0.3) is 17.1 Å². The van der Waals surface area contributed by atoms with Gasteiger partial charge in [-0.3, -0.25) is 9.36 Å². The fourth-order valence-electron chi connectivity index (χ4n) is 4.33. The summed E-state index contributed by atoms with van der Waals surface area (Å²) < 4.78 is 9.66. The van der Waals surface area contributed by atoms with E-state index in [-0.39, 0.29) is 11.5 Å². The van der Waals surface area contributed by atoms with Crippen LogP contribution in [0.5, 0.6) is 0 Å². The van der Waals surface area contributed by atoms with E-state index in [2.05, 4.69) is 46.8 Å². The maximum Gasteiger partial charge on any atom is 0.196 e. The molecule has 0 spiro atoms. The highest BCUT2D eigenvalue weighted by Gasteiger charge is 2.20. The highest BCUT2D eigenvalue weighted by Crippen LogP contribution is 2.30. The van der Waals surface area contributed by atoms with Gasteiger partial charge in [0.25, 0.3) is 0 Å². The molecule has 0 aliphatic heterocycles. The molecule has 0 N–H and O–H groups in total. The number of hydrogen-bond acceptors (Lipinski definition) is 5. The molecule has 6 nitrogen and oxygen atoms in total. The third-order valence-corrected chi connectivity index (χ3v) is 7.44. The minimum Gasteiger partial charge on any atom is -0.467 e. The molecule has 0 fully saturated rings. The lowest BCUT2D eigenvalue weighted by atomic mass is 10.1. The number of Topliss-reactive ketones (excluding diaryl/α,β-unsaturated/α-hetero) is 1. The van der Waals surface area contributed by atoms with Crippen LogP contribution in [-0.2, 0) is 6.54 Å². The van der Waals surface area contributed by atoms with Gasteiger partial charge in [0, 0.05) is 22.5 Å². The van der Waals surface area contributed by atoms with Crippen molar-refractivity contribution in [2.75, 3.05) is 5.75 Å². The van der Waals surface area contributed by atoms with Gasteiger partial charge in [0.05, 0.1) is 24.2 Å². The fraction of sp³-hybridized carbons (Fsp3) is 0.207. The smallest absolute Gasteiger partial charge is 0.196 e. The van der Waals surface area contributed by atoms with Gasteiger partial charge in [0.1, 0.15) is 5.76 Å². The molecule has 0 bridgehead atoms. The molecular weight excluding hydrogens is 468 g/mol. The van der Waals surface area contributed by atoms with Gasteiger partial charge in [0.15, 0.2) is 16.8 Å². The zero-order valence-electron chi connectivity index (χ0n) is 20.9. The molecule has 0 amide bonds. The summed E-state index contributed by atoms with van der Waals surface area (Å²) in [5.41, 5.74) is 7.07. The largest absolute Gasteiger partial charge is 0.467 e. The van der Waals surface area contributed by atoms with Crippen LogP contribution in [0.1, 0.15) is 38.6 Å².